The van der Waals surface area contributed by atoms with Crippen LogP contribution in [0.3, 0.4) is 0 Å². The van der Waals surface area contributed by atoms with E-state index in [9.17, 15) is 0 Å². The Balaban J connectivity index is 3.05. The minimum Gasteiger partial charge on any atom is -0.384 e. The molecule has 1 rings (SSSR count). The largest absolute Gasteiger partial charge is 0.384 e. The molecule has 0 aromatic heterocycles. The molecule has 0 spiro atoms. The van der Waals surface area contributed by atoms with Crippen molar-refractivity contribution in [3.63, 3.8) is 0 Å². The van der Waals surface area contributed by atoms with Crippen molar-refractivity contribution in [1.29, 1.82) is 5.41 Å². The van der Waals surface area contributed by atoms with Gasteiger partial charge in [-0.3, -0.25) is 5.41 Å². The number of hydrogen-bond donors (Lipinski definition) is 4. The highest BCUT2D eigenvalue weighted by Gasteiger charge is 2.01. The van der Waals surface area contributed by atoms with Crippen LogP contribution in [0.5, 0.6) is 0 Å². The molecule has 1 aromatic carbocycles. The highest BCUT2D eigenvalue weighted by molar-refractivity contribution is 6.02. The molecule has 0 saturated carbocycles. The van der Waals surface area contributed by atoms with Gasteiger partial charge < -0.3 is 17.2 Å². The van der Waals surface area contributed by atoms with Crippen LogP contribution >= 0.6 is 0 Å². The maximum Gasteiger partial charge on any atom is 0.211 e. The average Bonchev–Trinajstić information content (AvgIpc) is 2.26. The zero-order chi connectivity index (χ0) is 12.1. The molecule has 0 aliphatic carbocycles. The van der Waals surface area contributed by atoms with E-state index in [0.717, 1.165) is 5.56 Å². The predicted molar refractivity (Wildman–Crippen MR) is 65.5 cm³/mol. The standard InChI is InChI=1S/C10H14N6/c1-6(15-16-10(13)14)7-3-2-4-8(5-7)9(11)12/h2-5H,1H3,(H3,11,12)(H4,13,14,16)/b15-6+. The molecular formula is C10H14N6. The van der Waals surface area contributed by atoms with Gasteiger partial charge in [0.1, 0.15) is 5.84 Å². The van der Waals surface area contributed by atoms with E-state index in [1.54, 1.807) is 25.1 Å². The van der Waals surface area contributed by atoms with Crippen molar-refractivity contribution in [3.05, 3.63) is 35.4 Å². The van der Waals surface area contributed by atoms with Crippen molar-refractivity contribution in [3.8, 4) is 0 Å². The molecule has 16 heavy (non-hydrogen) atoms. The third-order valence-electron chi connectivity index (χ3n) is 1.91. The van der Waals surface area contributed by atoms with Gasteiger partial charge in [-0.1, -0.05) is 18.2 Å². The molecule has 0 amide bonds. The summed E-state index contributed by atoms with van der Waals surface area (Å²) in [6, 6.07) is 7.14. The van der Waals surface area contributed by atoms with Crippen LogP contribution in [0.25, 0.3) is 0 Å². The van der Waals surface area contributed by atoms with E-state index >= 15 is 0 Å². The van der Waals surface area contributed by atoms with Gasteiger partial charge >= 0.3 is 0 Å². The Hall–Kier alpha value is -2.37. The van der Waals surface area contributed by atoms with E-state index in [2.05, 4.69) is 10.2 Å². The molecule has 0 heterocycles. The number of nitrogens with two attached hydrogens (primary N) is 3. The third kappa shape index (κ3) is 3.09. The first-order chi connectivity index (χ1) is 7.50. The molecule has 0 aliphatic heterocycles. The summed E-state index contributed by atoms with van der Waals surface area (Å²) in [5.74, 6) is -0.0847. The molecule has 0 radical (unpaired) electrons. The van der Waals surface area contributed by atoms with Gasteiger partial charge in [0.25, 0.3) is 0 Å². The van der Waals surface area contributed by atoms with Crippen LogP contribution in [0.1, 0.15) is 18.1 Å². The van der Waals surface area contributed by atoms with Crippen molar-refractivity contribution < 1.29 is 0 Å². The second kappa shape index (κ2) is 4.92. The second-order valence-electron chi connectivity index (χ2n) is 3.20. The molecule has 0 bridgehead atoms. The normalized spacial score (nSPS) is 10.9. The minimum absolute atomic E-state index is 0.0106. The summed E-state index contributed by atoms with van der Waals surface area (Å²) in [7, 11) is 0. The summed E-state index contributed by atoms with van der Waals surface area (Å²) < 4.78 is 0. The summed E-state index contributed by atoms with van der Waals surface area (Å²) in [5.41, 5.74) is 17.8. The van der Waals surface area contributed by atoms with Crippen molar-refractivity contribution in [2.24, 2.45) is 27.4 Å². The van der Waals surface area contributed by atoms with Crippen molar-refractivity contribution >= 4 is 17.5 Å². The fraction of sp³-hybridized carbons (Fsp3) is 0.100. The van der Waals surface area contributed by atoms with E-state index in [0.29, 0.717) is 11.3 Å². The van der Waals surface area contributed by atoms with Gasteiger partial charge in [0.2, 0.25) is 5.96 Å². The van der Waals surface area contributed by atoms with Gasteiger partial charge in [-0.05, 0) is 18.6 Å². The third-order valence-corrected chi connectivity index (χ3v) is 1.91. The zero-order valence-electron chi connectivity index (χ0n) is 8.94. The summed E-state index contributed by atoms with van der Waals surface area (Å²) in [5, 5.41) is 14.7. The van der Waals surface area contributed by atoms with E-state index < -0.39 is 0 Å². The number of benzene rings is 1. The van der Waals surface area contributed by atoms with Gasteiger partial charge in [0.15, 0.2) is 0 Å². The summed E-state index contributed by atoms with van der Waals surface area (Å²) in [6.45, 7) is 1.77. The highest BCUT2D eigenvalue weighted by atomic mass is 15.3. The molecule has 84 valence electrons. The van der Waals surface area contributed by atoms with Crippen LogP contribution in [0, 0.1) is 5.41 Å². The van der Waals surface area contributed by atoms with Crippen molar-refractivity contribution in [2.45, 2.75) is 6.92 Å². The number of amidine groups is 1. The van der Waals surface area contributed by atoms with Crippen LogP contribution in [-0.4, -0.2) is 17.5 Å². The Morgan fingerprint density at radius 3 is 2.31 bits per heavy atom. The summed E-state index contributed by atoms with van der Waals surface area (Å²) in [4.78, 5) is 0. The Labute approximate surface area is 93.4 Å². The van der Waals surface area contributed by atoms with E-state index in [1.807, 2.05) is 6.07 Å². The first-order valence-electron chi connectivity index (χ1n) is 4.58. The lowest BCUT2D eigenvalue weighted by atomic mass is 10.1. The quantitative estimate of drug-likeness (QED) is 0.323. The number of hydrogen-bond acceptors (Lipinski definition) is 3. The predicted octanol–water partition coefficient (Wildman–Crippen LogP) is -0.0319. The van der Waals surface area contributed by atoms with Crippen molar-refractivity contribution in [2.75, 3.05) is 0 Å². The lowest BCUT2D eigenvalue weighted by Gasteiger charge is -2.02. The molecule has 0 aliphatic rings. The van der Waals surface area contributed by atoms with Crippen LogP contribution in [0.4, 0.5) is 0 Å². The number of nitrogens with one attached hydrogen (secondary N) is 1. The molecule has 0 atom stereocenters. The summed E-state index contributed by atoms with van der Waals surface area (Å²) in [6.07, 6.45) is 0. The van der Waals surface area contributed by atoms with Crippen LogP contribution in [0.15, 0.2) is 34.5 Å². The van der Waals surface area contributed by atoms with Gasteiger partial charge in [-0.2, -0.15) is 5.10 Å². The van der Waals surface area contributed by atoms with E-state index in [4.69, 9.17) is 22.6 Å². The fourth-order valence-corrected chi connectivity index (χ4v) is 1.10. The van der Waals surface area contributed by atoms with E-state index in [1.165, 1.54) is 0 Å². The Bertz CT molecular complexity index is 456. The molecule has 1 aromatic rings. The Kier molecular flexibility index (Phi) is 3.60. The molecular weight excluding hydrogens is 204 g/mol. The smallest absolute Gasteiger partial charge is 0.211 e. The molecule has 6 nitrogen and oxygen atoms in total. The lowest BCUT2D eigenvalue weighted by molar-refractivity contribution is 1.19. The van der Waals surface area contributed by atoms with Gasteiger partial charge in [-0.25, -0.2) is 0 Å². The maximum atomic E-state index is 7.31. The van der Waals surface area contributed by atoms with Gasteiger partial charge in [0.05, 0.1) is 5.71 Å². The number of nitrogen functional groups attached to an aromatic ring is 1. The molecule has 7 N–H and O–H groups in total. The van der Waals surface area contributed by atoms with Crippen LogP contribution in [0.2, 0.25) is 0 Å². The highest BCUT2D eigenvalue weighted by Crippen LogP contribution is 2.06. The molecule has 6 heteroatoms. The van der Waals surface area contributed by atoms with Crippen LogP contribution < -0.4 is 17.2 Å². The summed E-state index contributed by atoms with van der Waals surface area (Å²) >= 11 is 0. The number of guanidine groups is 1. The fourth-order valence-electron chi connectivity index (χ4n) is 1.10. The minimum atomic E-state index is -0.0953. The van der Waals surface area contributed by atoms with Crippen LogP contribution in [-0.2, 0) is 0 Å². The first kappa shape index (κ1) is 11.7. The monoisotopic (exact) mass is 218 g/mol. The molecule has 0 saturated heterocycles. The van der Waals surface area contributed by atoms with Gasteiger partial charge in [-0.15, -0.1) is 5.10 Å². The maximum absolute atomic E-state index is 7.31. The Morgan fingerprint density at radius 2 is 1.75 bits per heavy atom. The number of nitrogens with zero attached hydrogens (tertiary/aromatic N) is 2. The van der Waals surface area contributed by atoms with Crippen molar-refractivity contribution in [1.82, 2.24) is 0 Å². The first-order valence-corrected chi connectivity index (χ1v) is 4.58. The lowest BCUT2D eigenvalue weighted by Crippen LogP contribution is -2.22. The molecule has 0 unspecified atom stereocenters. The van der Waals surface area contributed by atoms with Gasteiger partial charge in [0, 0.05) is 5.56 Å². The SMILES string of the molecule is C/C(=N\N=C(N)N)c1cccc(C(=N)N)c1. The second-order valence-corrected chi connectivity index (χ2v) is 3.20. The Morgan fingerprint density at radius 1 is 1.12 bits per heavy atom. The average molecular weight is 218 g/mol. The molecule has 0 fully saturated rings. The van der Waals surface area contributed by atoms with E-state index in [-0.39, 0.29) is 11.8 Å². The zero-order valence-corrected chi connectivity index (χ0v) is 8.94. The number of rotatable bonds is 3. The topological polar surface area (TPSA) is 127 Å².